The quantitative estimate of drug-likeness (QED) is 0.881. The molecule has 0 fully saturated rings. The molecule has 0 aliphatic carbocycles. The Morgan fingerprint density at radius 3 is 2.56 bits per heavy atom. The van der Waals surface area contributed by atoms with E-state index in [1.54, 1.807) is 0 Å². The van der Waals surface area contributed by atoms with Crippen LogP contribution in [0.1, 0.15) is 30.9 Å². The minimum absolute atomic E-state index is 0.849. The molecule has 18 heavy (non-hydrogen) atoms. The van der Waals surface area contributed by atoms with Gasteiger partial charge in [0.2, 0.25) is 0 Å². The molecule has 0 atom stereocenters. The molecule has 0 aliphatic heterocycles. The van der Waals surface area contributed by atoms with E-state index in [0.717, 1.165) is 48.7 Å². The van der Waals surface area contributed by atoms with Crippen molar-refractivity contribution in [2.75, 3.05) is 19.6 Å². The van der Waals surface area contributed by atoms with Gasteiger partial charge in [-0.05, 0) is 38.6 Å². The Morgan fingerprint density at radius 2 is 1.89 bits per heavy atom. The first-order valence-electron chi connectivity index (χ1n) is 6.69. The molecule has 0 aromatic carbocycles. The molecular formula is C14H22N4. The first-order chi connectivity index (χ1) is 8.63. The van der Waals surface area contributed by atoms with E-state index in [1.807, 2.05) is 6.92 Å². The number of pyridine rings is 1. The summed E-state index contributed by atoms with van der Waals surface area (Å²) in [7, 11) is 0. The topological polar surface area (TPSA) is 44.8 Å². The van der Waals surface area contributed by atoms with Crippen LogP contribution in [0.15, 0.2) is 6.07 Å². The summed E-state index contributed by atoms with van der Waals surface area (Å²) in [5.74, 6) is 1.04. The van der Waals surface area contributed by atoms with Crippen LogP contribution in [0.2, 0.25) is 0 Å². The molecule has 2 heterocycles. The first-order valence-corrected chi connectivity index (χ1v) is 6.69. The van der Waals surface area contributed by atoms with Crippen molar-refractivity contribution in [2.45, 2.75) is 34.1 Å². The smallest absolute Gasteiger partial charge is 0.178 e. The van der Waals surface area contributed by atoms with Gasteiger partial charge < -0.3 is 9.88 Å². The number of rotatable bonds is 5. The molecule has 4 nitrogen and oxygen atoms in total. The molecule has 0 aliphatic rings. The van der Waals surface area contributed by atoms with Crippen molar-refractivity contribution in [3.05, 3.63) is 23.1 Å². The van der Waals surface area contributed by atoms with Gasteiger partial charge in [-0.15, -0.1) is 0 Å². The molecule has 2 rings (SSSR count). The average Bonchev–Trinajstić information content (AvgIpc) is 2.73. The highest BCUT2D eigenvalue weighted by Crippen LogP contribution is 2.15. The largest absolute Gasteiger partial charge is 0.340 e. The van der Waals surface area contributed by atoms with Crippen LogP contribution in [-0.4, -0.2) is 39.5 Å². The SMILES string of the molecule is CCN(CC)CCc1nc2nc(C)cc(C)c2[nH]1. The zero-order valence-corrected chi connectivity index (χ0v) is 11.7. The summed E-state index contributed by atoms with van der Waals surface area (Å²) in [6, 6.07) is 2.09. The molecule has 0 saturated carbocycles. The normalized spacial score (nSPS) is 11.6. The average molecular weight is 246 g/mol. The lowest BCUT2D eigenvalue weighted by molar-refractivity contribution is 0.306. The molecule has 0 saturated heterocycles. The van der Waals surface area contributed by atoms with Gasteiger partial charge in [-0.25, -0.2) is 9.97 Å². The number of aromatic amines is 1. The number of aromatic nitrogens is 3. The second-order valence-electron chi connectivity index (χ2n) is 4.74. The Bertz CT molecular complexity index is 526. The van der Waals surface area contributed by atoms with Crippen molar-refractivity contribution in [3.63, 3.8) is 0 Å². The maximum absolute atomic E-state index is 4.58. The lowest BCUT2D eigenvalue weighted by Crippen LogP contribution is -2.25. The maximum Gasteiger partial charge on any atom is 0.178 e. The number of H-pyrrole nitrogens is 1. The van der Waals surface area contributed by atoms with E-state index in [9.17, 15) is 0 Å². The van der Waals surface area contributed by atoms with E-state index in [1.165, 1.54) is 5.56 Å². The van der Waals surface area contributed by atoms with Gasteiger partial charge in [0.05, 0.1) is 5.52 Å². The number of nitrogens with one attached hydrogen (secondary N) is 1. The van der Waals surface area contributed by atoms with Gasteiger partial charge in [-0.2, -0.15) is 0 Å². The minimum Gasteiger partial charge on any atom is -0.340 e. The molecule has 2 aromatic heterocycles. The van der Waals surface area contributed by atoms with Crippen molar-refractivity contribution in [1.82, 2.24) is 19.9 Å². The second kappa shape index (κ2) is 5.48. The number of fused-ring (bicyclic) bond motifs is 1. The lowest BCUT2D eigenvalue weighted by atomic mass is 10.2. The molecule has 0 spiro atoms. The third kappa shape index (κ3) is 2.70. The van der Waals surface area contributed by atoms with E-state index in [2.05, 4.69) is 46.7 Å². The van der Waals surface area contributed by atoms with Crippen LogP contribution in [0.4, 0.5) is 0 Å². The third-order valence-corrected chi connectivity index (χ3v) is 3.40. The number of aryl methyl sites for hydroxylation is 2. The molecule has 0 radical (unpaired) electrons. The zero-order chi connectivity index (χ0) is 13.1. The summed E-state index contributed by atoms with van der Waals surface area (Å²) in [5, 5.41) is 0. The highest BCUT2D eigenvalue weighted by molar-refractivity contribution is 5.74. The van der Waals surface area contributed by atoms with Crippen molar-refractivity contribution in [1.29, 1.82) is 0 Å². The molecule has 0 bridgehead atoms. The van der Waals surface area contributed by atoms with Crippen LogP contribution in [0, 0.1) is 13.8 Å². The van der Waals surface area contributed by atoms with Crippen molar-refractivity contribution in [3.8, 4) is 0 Å². The van der Waals surface area contributed by atoms with E-state index in [4.69, 9.17) is 0 Å². The van der Waals surface area contributed by atoms with Crippen LogP contribution in [0.5, 0.6) is 0 Å². The van der Waals surface area contributed by atoms with Crippen LogP contribution >= 0.6 is 0 Å². The van der Waals surface area contributed by atoms with Crippen LogP contribution < -0.4 is 0 Å². The second-order valence-corrected chi connectivity index (χ2v) is 4.74. The Kier molecular flexibility index (Phi) is 3.97. The van der Waals surface area contributed by atoms with E-state index < -0.39 is 0 Å². The highest BCUT2D eigenvalue weighted by Gasteiger charge is 2.08. The van der Waals surface area contributed by atoms with Gasteiger partial charge in [0.25, 0.3) is 0 Å². The zero-order valence-electron chi connectivity index (χ0n) is 11.7. The standard InChI is InChI=1S/C14H22N4/c1-5-18(6-2)8-7-12-16-13-10(3)9-11(4)15-14(13)17-12/h9H,5-8H2,1-4H3,(H,15,16,17). The van der Waals surface area contributed by atoms with E-state index >= 15 is 0 Å². The summed E-state index contributed by atoms with van der Waals surface area (Å²) >= 11 is 0. The number of likely N-dealkylation sites (N-methyl/N-ethyl adjacent to an activating group) is 1. The molecule has 0 unspecified atom stereocenters. The fraction of sp³-hybridized carbons (Fsp3) is 0.571. The van der Waals surface area contributed by atoms with Crippen LogP contribution in [-0.2, 0) is 6.42 Å². The fourth-order valence-corrected chi connectivity index (χ4v) is 2.27. The molecule has 98 valence electrons. The van der Waals surface area contributed by atoms with Gasteiger partial charge in [0.1, 0.15) is 5.82 Å². The summed E-state index contributed by atoms with van der Waals surface area (Å²) in [6.07, 6.45) is 0.955. The highest BCUT2D eigenvalue weighted by atomic mass is 15.1. The molecular weight excluding hydrogens is 224 g/mol. The van der Waals surface area contributed by atoms with Crippen molar-refractivity contribution in [2.24, 2.45) is 0 Å². The predicted octanol–water partition coefficient (Wildman–Crippen LogP) is 2.46. The minimum atomic E-state index is 0.849. The lowest BCUT2D eigenvalue weighted by Gasteiger charge is -2.16. The van der Waals surface area contributed by atoms with Crippen LogP contribution in [0.25, 0.3) is 11.2 Å². The molecule has 1 N–H and O–H groups in total. The number of nitrogens with zero attached hydrogens (tertiary/aromatic N) is 3. The molecule has 4 heteroatoms. The van der Waals surface area contributed by atoms with Gasteiger partial charge in [0.15, 0.2) is 5.65 Å². The Balaban J connectivity index is 2.17. The summed E-state index contributed by atoms with van der Waals surface area (Å²) in [6.45, 7) is 11.7. The van der Waals surface area contributed by atoms with Gasteiger partial charge in [-0.1, -0.05) is 13.8 Å². The first kappa shape index (κ1) is 13.0. The Labute approximate surface area is 108 Å². The molecule has 2 aromatic rings. The van der Waals surface area contributed by atoms with Crippen LogP contribution in [0.3, 0.4) is 0 Å². The van der Waals surface area contributed by atoms with Gasteiger partial charge >= 0.3 is 0 Å². The molecule has 0 amide bonds. The fourth-order valence-electron chi connectivity index (χ4n) is 2.27. The van der Waals surface area contributed by atoms with Crippen molar-refractivity contribution >= 4 is 11.2 Å². The number of hydrogen-bond acceptors (Lipinski definition) is 3. The van der Waals surface area contributed by atoms with E-state index in [0.29, 0.717) is 0 Å². The number of imidazole rings is 1. The summed E-state index contributed by atoms with van der Waals surface area (Å²) < 4.78 is 0. The monoisotopic (exact) mass is 246 g/mol. The summed E-state index contributed by atoms with van der Waals surface area (Å²) in [5.41, 5.74) is 4.18. The Hall–Kier alpha value is -1.42. The maximum atomic E-state index is 4.58. The van der Waals surface area contributed by atoms with E-state index in [-0.39, 0.29) is 0 Å². The third-order valence-electron chi connectivity index (χ3n) is 3.40. The van der Waals surface area contributed by atoms with Gasteiger partial charge in [-0.3, -0.25) is 0 Å². The summed E-state index contributed by atoms with van der Waals surface area (Å²) in [4.78, 5) is 14.8. The Morgan fingerprint density at radius 1 is 1.17 bits per heavy atom. The van der Waals surface area contributed by atoms with Gasteiger partial charge in [0, 0.05) is 18.7 Å². The predicted molar refractivity (Wildman–Crippen MR) is 74.9 cm³/mol. The number of hydrogen-bond donors (Lipinski definition) is 1. The van der Waals surface area contributed by atoms with Crippen molar-refractivity contribution < 1.29 is 0 Å².